The van der Waals surface area contributed by atoms with E-state index in [1.165, 1.54) is 30.3 Å². The molecule has 0 aliphatic rings. The number of ether oxygens (including phenoxy) is 1. The summed E-state index contributed by atoms with van der Waals surface area (Å²) in [6.07, 6.45) is 0.704. The first-order chi connectivity index (χ1) is 17.3. The lowest BCUT2D eigenvalue weighted by atomic mass is 10.1. The van der Waals surface area contributed by atoms with Crippen LogP contribution in [-0.4, -0.2) is 31.1 Å². The first-order valence-electron chi connectivity index (χ1n) is 10.4. The molecular formula is C25H18ClF2N3O4S. The van der Waals surface area contributed by atoms with Crippen LogP contribution in [0.1, 0.15) is 15.9 Å². The van der Waals surface area contributed by atoms with Gasteiger partial charge >= 0.3 is 10.5 Å². The maximum atomic E-state index is 11.9. The average Bonchev–Trinajstić information content (AvgIpc) is 2.86. The minimum Gasteiger partial charge on any atom is -0.476 e. The van der Waals surface area contributed by atoms with Crippen LogP contribution >= 0.6 is 11.6 Å². The number of rotatable bonds is 6. The lowest BCUT2D eigenvalue weighted by Crippen LogP contribution is -2.03. The Morgan fingerprint density at radius 3 is 2.17 bits per heavy atom. The van der Waals surface area contributed by atoms with Gasteiger partial charge in [-0.3, -0.25) is 4.79 Å². The third kappa shape index (κ3) is 8.64. The topological polar surface area (TPSA) is 98.6 Å². The molecule has 4 rings (SSSR count). The second-order valence-electron chi connectivity index (χ2n) is 7.12. The van der Waals surface area contributed by atoms with E-state index in [0.29, 0.717) is 35.2 Å². The SMILES string of the molecule is Fc1cccc(F)c1.O=C(N=S(=O)=O)c1cccc(-c2ccc(OCCc3ccc(Cl)cc3)nn2)c1. The lowest BCUT2D eigenvalue weighted by molar-refractivity contribution is 0.100. The largest absolute Gasteiger partial charge is 0.476 e. The molecule has 1 heterocycles. The number of aromatic nitrogens is 2. The second-order valence-corrected chi connectivity index (χ2v) is 8.17. The van der Waals surface area contributed by atoms with Gasteiger partial charge in [0.05, 0.1) is 12.3 Å². The van der Waals surface area contributed by atoms with E-state index < -0.39 is 28.0 Å². The Kier molecular flexibility index (Phi) is 9.73. The molecule has 11 heteroatoms. The van der Waals surface area contributed by atoms with Gasteiger partial charge in [0.15, 0.2) is 0 Å². The maximum absolute atomic E-state index is 11.9. The standard InChI is InChI=1S/C19H14ClN3O4S.C6H4F2/c20-16-6-4-13(5-7-16)10-11-27-18-9-8-17(21-22-18)14-2-1-3-15(12-14)19(24)23-28(25)26;7-5-2-1-3-6(8)4-5/h1-9,12H,10-11H2;1-4H. The van der Waals surface area contributed by atoms with Crippen molar-refractivity contribution in [2.45, 2.75) is 6.42 Å². The number of amides is 1. The first kappa shape index (κ1) is 26.6. The van der Waals surface area contributed by atoms with E-state index in [4.69, 9.17) is 16.3 Å². The first-order valence-corrected chi connectivity index (χ1v) is 11.8. The third-order valence-electron chi connectivity index (χ3n) is 4.54. The highest BCUT2D eigenvalue weighted by molar-refractivity contribution is 7.62. The van der Waals surface area contributed by atoms with Crippen LogP contribution in [0.5, 0.6) is 5.88 Å². The molecule has 7 nitrogen and oxygen atoms in total. The Morgan fingerprint density at radius 1 is 0.889 bits per heavy atom. The molecular weight excluding hydrogens is 512 g/mol. The van der Waals surface area contributed by atoms with Crippen molar-refractivity contribution in [3.63, 3.8) is 0 Å². The summed E-state index contributed by atoms with van der Waals surface area (Å²) in [6, 6.07) is 21.8. The average molecular weight is 530 g/mol. The van der Waals surface area contributed by atoms with Crippen molar-refractivity contribution in [2.75, 3.05) is 6.61 Å². The molecule has 0 unspecified atom stereocenters. The van der Waals surface area contributed by atoms with E-state index in [9.17, 15) is 22.0 Å². The van der Waals surface area contributed by atoms with E-state index in [0.717, 1.165) is 11.6 Å². The van der Waals surface area contributed by atoms with Gasteiger partial charge in [0, 0.05) is 34.7 Å². The Balaban J connectivity index is 0.000000383. The predicted octanol–water partition coefficient (Wildman–Crippen LogP) is 5.59. The monoisotopic (exact) mass is 529 g/mol. The molecule has 0 spiro atoms. The summed E-state index contributed by atoms with van der Waals surface area (Å²) in [7, 11) is -2.79. The number of carbonyl (C=O) groups is 1. The molecule has 0 aliphatic carbocycles. The fourth-order valence-corrected chi connectivity index (χ4v) is 3.23. The third-order valence-corrected chi connectivity index (χ3v) is 5.11. The van der Waals surface area contributed by atoms with Crippen LogP contribution in [0.3, 0.4) is 0 Å². The molecule has 0 bridgehead atoms. The molecule has 0 saturated carbocycles. The molecule has 36 heavy (non-hydrogen) atoms. The summed E-state index contributed by atoms with van der Waals surface area (Å²) < 4.78 is 53.5. The Labute approximate surface area is 212 Å². The zero-order chi connectivity index (χ0) is 25.9. The fourth-order valence-electron chi connectivity index (χ4n) is 2.87. The van der Waals surface area contributed by atoms with Crippen molar-refractivity contribution in [3.8, 4) is 17.1 Å². The minimum atomic E-state index is -2.79. The van der Waals surface area contributed by atoms with Gasteiger partial charge in [0.2, 0.25) is 5.88 Å². The van der Waals surface area contributed by atoms with Crippen molar-refractivity contribution in [3.05, 3.63) is 113 Å². The minimum absolute atomic E-state index is 0.145. The second kappa shape index (κ2) is 13.2. The number of nitrogens with zero attached hydrogens (tertiary/aromatic N) is 3. The molecule has 0 radical (unpaired) electrons. The summed E-state index contributed by atoms with van der Waals surface area (Å²) in [5.74, 6) is -1.54. The molecule has 184 valence electrons. The van der Waals surface area contributed by atoms with Crippen LogP contribution < -0.4 is 4.74 Å². The Bertz CT molecular complexity index is 1440. The highest BCUT2D eigenvalue weighted by Crippen LogP contribution is 2.20. The molecule has 3 aromatic carbocycles. The van der Waals surface area contributed by atoms with Gasteiger partial charge < -0.3 is 4.74 Å². The number of hydrogen-bond acceptors (Lipinski definition) is 6. The number of benzene rings is 3. The van der Waals surface area contributed by atoms with Gasteiger partial charge in [0.25, 0.3) is 5.91 Å². The van der Waals surface area contributed by atoms with Crippen LogP contribution in [0, 0.1) is 11.6 Å². The molecule has 4 aromatic rings. The van der Waals surface area contributed by atoms with Crippen molar-refractivity contribution in [2.24, 2.45) is 4.36 Å². The Morgan fingerprint density at radius 2 is 1.58 bits per heavy atom. The molecule has 0 fully saturated rings. The van der Waals surface area contributed by atoms with Gasteiger partial charge in [-0.25, -0.2) is 8.78 Å². The summed E-state index contributed by atoms with van der Waals surface area (Å²) in [6.45, 7) is 0.438. The van der Waals surface area contributed by atoms with E-state index in [-0.39, 0.29) is 5.56 Å². The summed E-state index contributed by atoms with van der Waals surface area (Å²) >= 11 is 5.86. The van der Waals surface area contributed by atoms with Crippen LogP contribution in [0.4, 0.5) is 8.78 Å². The van der Waals surface area contributed by atoms with Crippen LogP contribution in [0.25, 0.3) is 11.3 Å². The predicted molar refractivity (Wildman–Crippen MR) is 130 cm³/mol. The maximum Gasteiger partial charge on any atom is 0.319 e. The van der Waals surface area contributed by atoms with Crippen molar-refractivity contribution in [1.82, 2.24) is 10.2 Å². The van der Waals surface area contributed by atoms with E-state index in [1.54, 1.807) is 24.3 Å². The van der Waals surface area contributed by atoms with E-state index in [2.05, 4.69) is 14.6 Å². The molecule has 1 aromatic heterocycles. The van der Waals surface area contributed by atoms with Gasteiger partial charge in [0.1, 0.15) is 11.6 Å². The Hall–Kier alpha value is -4.02. The number of hydrogen-bond donors (Lipinski definition) is 0. The lowest BCUT2D eigenvalue weighted by Gasteiger charge is -2.06. The fraction of sp³-hybridized carbons (Fsp3) is 0.0800. The summed E-state index contributed by atoms with van der Waals surface area (Å²) in [5, 5.41) is 8.80. The van der Waals surface area contributed by atoms with Crippen molar-refractivity contribution < 1.29 is 26.7 Å². The van der Waals surface area contributed by atoms with Gasteiger partial charge in [-0.2, -0.15) is 8.42 Å². The molecule has 0 atom stereocenters. The molecule has 0 aliphatic heterocycles. The van der Waals surface area contributed by atoms with Crippen LogP contribution in [0.15, 0.2) is 89.3 Å². The van der Waals surface area contributed by atoms with Crippen LogP contribution in [0.2, 0.25) is 5.02 Å². The number of halogens is 3. The summed E-state index contributed by atoms with van der Waals surface area (Å²) in [4.78, 5) is 11.7. The van der Waals surface area contributed by atoms with Crippen molar-refractivity contribution >= 4 is 28.0 Å². The summed E-state index contributed by atoms with van der Waals surface area (Å²) in [5.41, 5.74) is 2.37. The van der Waals surface area contributed by atoms with E-state index >= 15 is 0 Å². The number of carbonyl (C=O) groups excluding carboxylic acids is 1. The van der Waals surface area contributed by atoms with Gasteiger partial charge in [-0.1, -0.05) is 46.3 Å². The van der Waals surface area contributed by atoms with Gasteiger partial charge in [-0.15, -0.1) is 10.2 Å². The zero-order valence-electron chi connectivity index (χ0n) is 18.5. The zero-order valence-corrected chi connectivity index (χ0v) is 20.1. The van der Waals surface area contributed by atoms with E-state index in [1.807, 2.05) is 24.3 Å². The quantitative estimate of drug-likeness (QED) is 0.323. The van der Waals surface area contributed by atoms with Crippen LogP contribution in [-0.2, 0) is 16.9 Å². The highest BCUT2D eigenvalue weighted by atomic mass is 35.5. The molecule has 1 amide bonds. The van der Waals surface area contributed by atoms with Gasteiger partial charge in [-0.05, 0) is 48.0 Å². The normalized spacial score (nSPS) is 10.1. The molecule has 0 saturated heterocycles. The smallest absolute Gasteiger partial charge is 0.319 e. The van der Waals surface area contributed by atoms with Crippen molar-refractivity contribution in [1.29, 1.82) is 0 Å². The highest BCUT2D eigenvalue weighted by Gasteiger charge is 2.08. The molecule has 0 N–H and O–H groups in total.